The maximum Gasteiger partial charge on any atom is 0.326 e. The normalized spacial score (nSPS) is 10.4. The molecule has 0 amide bonds. The number of nitrogens with zero attached hydrogens (tertiary/aromatic N) is 1. The predicted octanol–water partition coefficient (Wildman–Crippen LogP) is 0.773. The third kappa shape index (κ3) is 2.60. The van der Waals surface area contributed by atoms with Crippen LogP contribution in [0.2, 0.25) is 0 Å². The first-order valence-electron chi connectivity index (χ1n) is 3.60. The second-order valence-corrected chi connectivity index (χ2v) is 4.03. The molecule has 0 aliphatic carbocycles. The lowest BCUT2D eigenvalue weighted by Crippen LogP contribution is -2.15. The molecule has 0 saturated carbocycles. The molecule has 0 aliphatic rings. The Morgan fingerprint density at radius 3 is 2.67 bits per heavy atom. The van der Waals surface area contributed by atoms with E-state index in [4.69, 9.17) is 0 Å². The van der Waals surface area contributed by atoms with E-state index in [1.54, 1.807) is 0 Å². The number of rotatable bonds is 4. The fourth-order valence-electron chi connectivity index (χ4n) is 0.825. The van der Waals surface area contributed by atoms with Crippen molar-refractivity contribution in [3.8, 4) is 0 Å². The van der Waals surface area contributed by atoms with Crippen molar-refractivity contribution < 1.29 is 0 Å². The summed E-state index contributed by atoms with van der Waals surface area (Å²) in [5.41, 5.74) is 0. The molecule has 1 aromatic rings. The Bertz CT molecular complexity index is 340. The smallest absolute Gasteiger partial charge is 0.255 e. The molecule has 1 aromatic heterocycles. The molecule has 0 bridgehead atoms. The Labute approximate surface area is 81.3 Å². The highest BCUT2D eigenvalue weighted by molar-refractivity contribution is 9.09. The van der Waals surface area contributed by atoms with Crippen LogP contribution in [-0.4, -0.2) is 15.1 Å². The fourth-order valence-corrected chi connectivity index (χ4v) is 1.78. The van der Waals surface area contributed by atoms with E-state index in [0.717, 1.165) is 18.2 Å². The van der Waals surface area contributed by atoms with E-state index in [2.05, 4.69) is 21.0 Å². The van der Waals surface area contributed by atoms with Crippen LogP contribution in [0.4, 0.5) is 0 Å². The van der Waals surface area contributed by atoms with Gasteiger partial charge in [0, 0.05) is 11.9 Å². The highest BCUT2D eigenvalue weighted by atomic mass is 79.9. The average Bonchev–Trinajstić information content (AvgIpc) is 2.31. The molecule has 0 radical (unpaired) electrons. The van der Waals surface area contributed by atoms with Crippen molar-refractivity contribution in [1.29, 1.82) is 0 Å². The van der Waals surface area contributed by atoms with Crippen LogP contribution >= 0.6 is 27.3 Å². The number of H-pyrrole nitrogens is 1. The van der Waals surface area contributed by atoms with Crippen LogP contribution in [0.1, 0.15) is 12.8 Å². The van der Waals surface area contributed by atoms with Crippen molar-refractivity contribution in [3.05, 3.63) is 19.3 Å². The second kappa shape index (κ2) is 4.61. The Morgan fingerprint density at radius 1 is 1.42 bits per heavy atom. The van der Waals surface area contributed by atoms with Crippen LogP contribution in [0.3, 0.4) is 0 Å². The summed E-state index contributed by atoms with van der Waals surface area (Å²) < 4.78 is 1.36. The molecule has 0 unspecified atom stereocenters. The van der Waals surface area contributed by atoms with Crippen molar-refractivity contribution >= 4 is 27.3 Å². The van der Waals surface area contributed by atoms with E-state index < -0.39 is 0 Å². The molecule has 68 valence electrons. The zero-order valence-electron chi connectivity index (χ0n) is 6.38. The minimum absolute atomic E-state index is 0.199. The predicted molar refractivity (Wildman–Crippen MR) is 52.2 cm³/mol. The van der Waals surface area contributed by atoms with Gasteiger partial charge in [-0.15, -0.1) is 0 Å². The summed E-state index contributed by atoms with van der Waals surface area (Å²) in [6, 6.07) is 0. The SMILES string of the molecule is O=c1[nH]n(CCCCBr)c(=O)s1. The monoisotopic (exact) mass is 252 g/mol. The Morgan fingerprint density at radius 2 is 2.17 bits per heavy atom. The van der Waals surface area contributed by atoms with Gasteiger partial charge in [-0.1, -0.05) is 15.9 Å². The third-order valence-electron chi connectivity index (χ3n) is 1.39. The molecular weight excluding hydrogens is 244 g/mol. The molecule has 4 nitrogen and oxygen atoms in total. The molecule has 6 heteroatoms. The van der Waals surface area contributed by atoms with E-state index in [1.165, 1.54) is 4.68 Å². The number of halogens is 1. The van der Waals surface area contributed by atoms with Gasteiger partial charge >= 0.3 is 9.75 Å². The number of aryl methyl sites for hydroxylation is 1. The molecule has 0 fully saturated rings. The Kier molecular flexibility index (Phi) is 3.74. The van der Waals surface area contributed by atoms with Gasteiger partial charge in [0.15, 0.2) is 0 Å². The van der Waals surface area contributed by atoms with Gasteiger partial charge in [-0.25, -0.2) is 4.68 Å². The first-order chi connectivity index (χ1) is 5.74. The van der Waals surface area contributed by atoms with Gasteiger partial charge in [-0.3, -0.25) is 14.7 Å². The van der Waals surface area contributed by atoms with E-state index in [9.17, 15) is 9.59 Å². The number of aromatic amines is 1. The molecule has 0 atom stereocenters. The molecular formula is C6H9BrN2O2S. The zero-order chi connectivity index (χ0) is 8.97. The van der Waals surface area contributed by atoms with E-state index >= 15 is 0 Å². The van der Waals surface area contributed by atoms with Crippen LogP contribution in [0.25, 0.3) is 0 Å². The van der Waals surface area contributed by atoms with Crippen molar-refractivity contribution in [3.63, 3.8) is 0 Å². The highest BCUT2D eigenvalue weighted by Crippen LogP contribution is 1.94. The summed E-state index contributed by atoms with van der Waals surface area (Å²) in [5, 5.41) is 3.38. The minimum atomic E-state index is -0.279. The molecule has 0 saturated heterocycles. The number of hydrogen-bond acceptors (Lipinski definition) is 3. The molecule has 0 aromatic carbocycles. The Hall–Kier alpha value is -0.360. The number of nitrogens with one attached hydrogen (secondary N) is 1. The zero-order valence-corrected chi connectivity index (χ0v) is 8.78. The number of alkyl halides is 1. The topological polar surface area (TPSA) is 54.9 Å². The maximum atomic E-state index is 11.0. The third-order valence-corrected chi connectivity index (χ3v) is 2.62. The number of hydrogen-bond donors (Lipinski definition) is 1. The first-order valence-corrected chi connectivity index (χ1v) is 5.54. The largest absolute Gasteiger partial charge is 0.326 e. The van der Waals surface area contributed by atoms with E-state index in [1.807, 2.05) is 0 Å². The van der Waals surface area contributed by atoms with Crippen molar-refractivity contribution in [2.45, 2.75) is 19.4 Å². The van der Waals surface area contributed by atoms with Gasteiger partial charge in [0.2, 0.25) is 0 Å². The quantitative estimate of drug-likeness (QED) is 0.636. The van der Waals surface area contributed by atoms with Gasteiger partial charge in [0.1, 0.15) is 0 Å². The first kappa shape index (κ1) is 9.73. The van der Waals surface area contributed by atoms with E-state index in [-0.39, 0.29) is 9.75 Å². The van der Waals surface area contributed by atoms with Gasteiger partial charge in [0.05, 0.1) is 0 Å². The van der Waals surface area contributed by atoms with Crippen molar-refractivity contribution in [1.82, 2.24) is 9.78 Å². The minimum Gasteiger partial charge on any atom is -0.255 e. The van der Waals surface area contributed by atoms with E-state index in [0.29, 0.717) is 17.9 Å². The second-order valence-electron chi connectivity index (χ2n) is 2.31. The van der Waals surface area contributed by atoms with Crippen LogP contribution in [-0.2, 0) is 6.54 Å². The van der Waals surface area contributed by atoms with Gasteiger partial charge in [-0.2, -0.15) is 0 Å². The van der Waals surface area contributed by atoms with Crippen LogP contribution in [0.15, 0.2) is 9.59 Å². The highest BCUT2D eigenvalue weighted by Gasteiger charge is 1.98. The van der Waals surface area contributed by atoms with Crippen LogP contribution in [0, 0.1) is 0 Å². The lowest BCUT2D eigenvalue weighted by atomic mass is 10.3. The van der Waals surface area contributed by atoms with Crippen molar-refractivity contribution in [2.75, 3.05) is 5.33 Å². The van der Waals surface area contributed by atoms with Gasteiger partial charge in [-0.05, 0) is 24.2 Å². The van der Waals surface area contributed by atoms with Crippen molar-refractivity contribution in [2.24, 2.45) is 0 Å². The molecule has 1 heterocycles. The number of unbranched alkanes of at least 4 members (excludes halogenated alkanes) is 1. The maximum absolute atomic E-state index is 11.0. The fraction of sp³-hybridized carbons (Fsp3) is 0.667. The van der Waals surface area contributed by atoms with Crippen LogP contribution < -0.4 is 9.75 Å². The molecule has 12 heavy (non-hydrogen) atoms. The molecule has 0 aliphatic heterocycles. The van der Waals surface area contributed by atoms with Gasteiger partial charge < -0.3 is 0 Å². The summed E-state index contributed by atoms with van der Waals surface area (Å²) in [6.45, 7) is 0.600. The van der Waals surface area contributed by atoms with Gasteiger partial charge in [0.25, 0.3) is 0 Å². The van der Waals surface area contributed by atoms with Crippen LogP contribution in [0.5, 0.6) is 0 Å². The summed E-state index contributed by atoms with van der Waals surface area (Å²) in [7, 11) is 0. The number of aromatic nitrogens is 2. The lowest BCUT2D eigenvalue weighted by Gasteiger charge is -1.97. The summed E-state index contributed by atoms with van der Waals surface area (Å²) in [4.78, 5) is 21.2. The molecule has 1 rings (SSSR count). The molecule has 1 N–H and O–H groups in total. The summed E-state index contributed by atoms with van der Waals surface area (Å²) in [6.07, 6.45) is 1.90. The molecule has 0 spiro atoms. The average molecular weight is 253 g/mol. The summed E-state index contributed by atoms with van der Waals surface area (Å²) >= 11 is 4.00. The Balaban J connectivity index is 2.57. The standard InChI is InChI=1S/C6H9BrN2O2S/c7-3-1-2-4-9-6(11)12-5(10)8-9/h1-4H2,(H,8,10). The summed E-state index contributed by atoms with van der Waals surface area (Å²) in [5.74, 6) is 0. The lowest BCUT2D eigenvalue weighted by molar-refractivity contribution is 0.557.